The molecule has 4 aromatic heterocycles. The number of anilines is 1. The average Bonchev–Trinajstić information content (AvgIpc) is 3.44. The molecule has 5 rings (SSSR count). The lowest BCUT2D eigenvalue weighted by molar-refractivity contribution is 0.0962. The van der Waals surface area contributed by atoms with Gasteiger partial charge in [-0.1, -0.05) is 0 Å². The number of rotatable bonds is 4. The summed E-state index contributed by atoms with van der Waals surface area (Å²) in [6, 6.07) is 14.2. The van der Waals surface area contributed by atoms with Crippen molar-refractivity contribution in [3.05, 3.63) is 84.4 Å². The minimum Gasteiger partial charge on any atom is -0.355 e. The van der Waals surface area contributed by atoms with E-state index >= 15 is 0 Å². The number of pyridine rings is 2. The number of hydrogen-bond acceptors (Lipinski definition) is 4. The minimum atomic E-state index is -0.249. The summed E-state index contributed by atoms with van der Waals surface area (Å²) in [5.74, 6) is -0.425. The minimum absolute atomic E-state index is 0.177. The highest BCUT2D eigenvalue weighted by molar-refractivity contribution is 6.05. The standard InChI is InChI=1S/C23H18N6O2/c1-24-22(30)14-2-4-18(5-3-14)28-23(31)16-7-9-29-20(11-16)19(13-27-29)17-10-15-6-8-25-21(15)26-12-17/h2-13H,1H3,(H,24,30)(H,25,26)(H,28,31). The largest absolute Gasteiger partial charge is 0.355 e. The van der Waals surface area contributed by atoms with Gasteiger partial charge in [-0.3, -0.25) is 9.59 Å². The number of nitrogens with one attached hydrogen (secondary N) is 3. The van der Waals surface area contributed by atoms with Gasteiger partial charge in [-0.2, -0.15) is 5.10 Å². The van der Waals surface area contributed by atoms with Crippen LogP contribution in [0.4, 0.5) is 5.69 Å². The van der Waals surface area contributed by atoms with Crippen molar-refractivity contribution in [3.63, 3.8) is 0 Å². The monoisotopic (exact) mass is 410 g/mol. The number of aromatic amines is 1. The van der Waals surface area contributed by atoms with Crippen LogP contribution in [0.25, 0.3) is 27.7 Å². The Balaban J connectivity index is 1.44. The van der Waals surface area contributed by atoms with E-state index in [9.17, 15) is 9.59 Å². The molecule has 5 aromatic rings. The van der Waals surface area contributed by atoms with Gasteiger partial charge in [0, 0.05) is 59.0 Å². The maximum atomic E-state index is 12.8. The molecule has 0 spiro atoms. The molecule has 8 nitrogen and oxygen atoms in total. The second-order valence-corrected chi connectivity index (χ2v) is 7.05. The molecule has 2 amide bonds. The summed E-state index contributed by atoms with van der Waals surface area (Å²) >= 11 is 0. The van der Waals surface area contributed by atoms with Gasteiger partial charge in [0.25, 0.3) is 11.8 Å². The molecule has 0 radical (unpaired) electrons. The molecular weight excluding hydrogens is 392 g/mol. The van der Waals surface area contributed by atoms with Crippen molar-refractivity contribution in [2.45, 2.75) is 0 Å². The van der Waals surface area contributed by atoms with Crippen molar-refractivity contribution >= 4 is 34.1 Å². The van der Waals surface area contributed by atoms with Gasteiger partial charge in [0.15, 0.2) is 0 Å². The fourth-order valence-electron chi connectivity index (χ4n) is 3.48. The molecule has 0 saturated heterocycles. The Bertz CT molecular complexity index is 1430. The van der Waals surface area contributed by atoms with E-state index in [-0.39, 0.29) is 11.8 Å². The smallest absolute Gasteiger partial charge is 0.255 e. The SMILES string of the molecule is CNC(=O)c1ccc(NC(=O)c2ccn3ncc(-c4cnc5[nH]ccc5c4)c3c2)cc1. The number of hydrogen-bond donors (Lipinski definition) is 3. The zero-order chi connectivity index (χ0) is 21.4. The van der Waals surface area contributed by atoms with Crippen molar-refractivity contribution in [2.24, 2.45) is 0 Å². The van der Waals surface area contributed by atoms with Gasteiger partial charge in [-0.15, -0.1) is 0 Å². The van der Waals surface area contributed by atoms with Gasteiger partial charge in [-0.25, -0.2) is 9.50 Å². The Morgan fingerprint density at radius 1 is 0.968 bits per heavy atom. The van der Waals surface area contributed by atoms with Crippen LogP contribution in [0.1, 0.15) is 20.7 Å². The molecule has 1 aromatic carbocycles. The Labute approximate surface area is 176 Å². The summed E-state index contributed by atoms with van der Waals surface area (Å²) in [5.41, 5.74) is 5.07. The molecule has 0 aliphatic heterocycles. The van der Waals surface area contributed by atoms with Crippen molar-refractivity contribution < 1.29 is 9.59 Å². The molecule has 31 heavy (non-hydrogen) atoms. The van der Waals surface area contributed by atoms with Gasteiger partial charge >= 0.3 is 0 Å². The quantitative estimate of drug-likeness (QED) is 0.422. The molecular formula is C23H18N6O2. The molecule has 0 aliphatic rings. The highest BCUT2D eigenvalue weighted by atomic mass is 16.2. The molecule has 4 heterocycles. The van der Waals surface area contributed by atoms with Crippen LogP contribution in [0.15, 0.2) is 73.3 Å². The fraction of sp³-hybridized carbons (Fsp3) is 0.0435. The maximum absolute atomic E-state index is 12.8. The lowest BCUT2D eigenvalue weighted by Gasteiger charge is -2.07. The number of benzene rings is 1. The molecule has 0 aliphatic carbocycles. The fourth-order valence-corrected chi connectivity index (χ4v) is 3.48. The molecule has 0 unspecified atom stereocenters. The molecule has 152 valence electrons. The van der Waals surface area contributed by atoms with Crippen molar-refractivity contribution in [1.29, 1.82) is 0 Å². The summed E-state index contributed by atoms with van der Waals surface area (Å²) in [5, 5.41) is 10.8. The van der Waals surface area contributed by atoms with Crippen molar-refractivity contribution in [3.8, 4) is 11.1 Å². The third kappa shape index (κ3) is 3.40. The molecule has 0 bridgehead atoms. The normalized spacial score (nSPS) is 11.0. The number of aromatic nitrogens is 4. The first kappa shape index (κ1) is 18.6. The number of fused-ring (bicyclic) bond motifs is 2. The number of H-pyrrole nitrogens is 1. The molecule has 0 atom stereocenters. The number of carbonyl (C=O) groups is 2. The van der Waals surface area contributed by atoms with Gasteiger partial charge in [0.05, 0.1) is 11.7 Å². The molecule has 0 saturated carbocycles. The van der Waals surface area contributed by atoms with Crippen molar-refractivity contribution in [2.75, 3.05) is 12.4 Å². The van der Waals surface area contributed by atoms with E-state index in [1.165, 1.54) is 0 Å². The lowest BCUT2D eigenvalue weighted by atomic mass is 10.1. The predicted molar refractivity (Wildman–Crippen MR) is 118 cm³/mol. The lowest BCUT2D eigenvalue weighted by Crippen LogP contribution is -2.18. The zero-order valence-electron chi connectivity index (χ0n) is 16.6. The second kappa shape index (κ2) is 7.42. The Kier molecular flexibility index (Phi) is 4.44. The van der Waals surface area contributed by atoms with Crippen LogP contribution in [0.5, 0.6) is 0 Å². The predicted octanol–water partition coefficient (Wildman–Crippen LogP) is 3.49. The highest BCUT2D eigenvalue weighted by Gasteiger charge is 2.13. The van der Waals surface area contributed by atoms with Crippen LogP contribution in [0.3, 0.4) is 0 Å². The average molecular weight is 410 g/mol. The van der Waals surface area contributed by atoms with Gasteiger partial charge < -0.3 is 15.6 Å². The topological polar surface area (TPSA) is 104 Å². The van der Waals surface area contributed by atoms with E-state index in [1.807, 2.05) is 18.3 Å². The Morgan fingerprint density at radius 2 is 1.81 bits per heavy atom. The first-order valence-electron chi connectivity index (χ1n) is 9.67. The third-order valence-electron chi connectivity index (χ3n) is 5.13. The maximum Gasteiger partial charge on any atom is 0.255 e. The van der Waals surface area contributed by atoms with Gasteiger partial charge in [0.1, 0.15) is 5.65 Å². The van der Waals surface area contributed by atoms with Crippen molar-refractivity contribution in [1.82, 2.24) is 24.9 Å². The zero-order valence-corrected chi connectivity index (χ0v) is 16.6. The van der Waals surface area contributed by atoms with E-state index in [0.29, 0.717) is 16.8 Å². The first-order valence-corrected chi connectivity index (χ1v) is 9.67. The van der Waals surface area contributed by atoms with Crippen LogP contribution in [-0.2, 0) is 0 Å². The Morgan fingerprint density at radius 3 is 2.61 bits per heavy atom. The van der Waals surface area contributed by atoms with E-state index < -0.39 is 0 Å². The van der Waals surface area contributed by atoms with Crippen LogP contribution in [-0.4, -0.2) is 38.4 Å². The van der Waals surface area contributed by atoms with Gasteiger partial charge in [0.2, 0.25) is 0 Å². The Hall–Kier alpha value is -4.46. The first-order chi connectivity index (χ1) is 15.1. The van der Waals surface area contributed by atoms with E-state index in [1.54, 1.807) is 66.6 Å². The number of nitrogens with zero attached hydrogens (tertiary/aromatic N) is 3. The summed E-state index contributed by atoms with van der Waals surface area (Å²) in [6.45, 7) is 0. The highest BCUT2D eigenvalue weighted by Crippen LogP contribution is 2.27. The molecule has 8 heteroatoms. The second-order valence-electron chi connectivity index (χ2n) is 7.05. The summed E-state index contributed by atoms with van der Waals surface area (Å²) < 4.78 is 1.73. The number of amides is 2. The van der Waals surface area contributed by atoms with E-state index in [2.05, 4.69) is 25.7 Å². The third-order valence-corrected chi connectivity index (χ3v) is 5.13. The van der Waals surface area contributed by atoms with Crippen LogP contribution < -0.4 is 10.6 Å². The molecule has 0 fully saturated rings. The summed E-state index contributed by atoms with van der Waals surface area (Å²) in [4.78, 5) is 32.0. The van der Waals surface area contributed by atoms with Gasteiger partial charge in [-0.05, 0) is 48.5 Å². The van der Waals surface area contributed by atoms with Crippen LogP contribution in [0, 0.1) is 0 Å². The van der Waals surface area contributed by atoms with Crippen LogP contribution >= 0.6 is 0 Å². The summed E-state index contributed by atoms with van der Waals surface area (Å²) in [6.07, 6.45) is 7.16. The van der Waals surface area contributed by atoms with E-state index in [4.69, 9.17) is 0 Å². The number of carbonyl (C=O) groups excluding carboxylic acids is 2. The van der Waals surface area contributed by atoms with Crippen LogP contribution in [0.2, 0.25) is 0 Å². The molecule has 3 N–H and O–H groups in total. The summed E-state index contributed by atoms with van der Waals surface area (Å²) in [7, 11) is 1.57. The van der Waals surface area contributed by atoms with E-state index in [0.717, 1.165) is 27.7 Å².